The summed E-state index contributed by atoms with van der Waals surface area (Å²) in [7, 11) is 0. The van der Waals surface area contributed by atoms with Gasteiger partial charge in [0, 0.05) is 24.3 Å². The summed E-state index contributed by atoms with van der Waals surface area (Å²) in [5.74, 6) is -1.08. The van der Waals surface area contributed by atoms with Crippen molar-refractivity contribution in [2.45, 2.75) is 6.92 Å². The molecular formula is C23H20N4O3S. The number of hydrogen-bond donors (Lipinski definition) is 4. The van der Waals surface area contributed by atoms with E-state index >= 15 is 0 Å². The van der Waals surface area contributed by atoms with Gasteiger partial charge in [-0.25, -0.2) is 0 Å². The molecule has 3 aromatic rings. The first kappa shape index (κ1) is 21.7. The molecule has 0 unspecified atom stereocenters. The third-order valence-electron chi connectivity index (χ3n) is 4.23. The number of fused-ring (bicyclic) bond motifs is 1. The van der Waals surface area contributed by atoms with Crippen LogP contribution >= 0.6 is 12.2 Å². The topological polar surface area (TPSA) is 99.3 Å². The molecule has 156 valence electrons. The second-order valence-corrected chi connectivity index (χ2v) is 6.97. The molecule has 31 heavy (non-hydrogen) atoms. The van der Waals surface area contributed by atoms with Crippen molar-refractivity contribution in [3.05, 3.63) is 83.9 Å². The Bertz CT molecular complexity index is 1170. The Morgan fingerprint density at radius 2 is 1.58 bits per heavy atom. The van der Waals surface area contributed by atoms with Gasteiger partial charge in [-0.15, -0.1) is 0 Å². The van der Waals surface area contributed by atoms with Crippen molar-refractivity contribution < 1.29 is 14.4 Å². The summed E-state index contributed by atoms with van der Waals surface area (Å²) in [6, 6.07) is 20.0. The first-order valence-electron chi connectivity index (χ1n) is 9.37. The van der Waals surface area contributed by atoms with Gasteiger partial charge in [0.25, 0.3) is 5.91 Å². The van der Waals surface area contributed by atoms with Crippen LogP contribution in [0.15, 0.2) is 72.8 Å². The van der Waals surface area contributed by atoms with E-state index in [1.165, 1.54) is 13.0 Å². The lowest BCUT2D eigenvalue weighted by molar-refractivity contribution is -0.115. The molecule has 8 heteroatoms. The van der Waals surface area contributed by atoms with Crippen LogP contribution in [-0.4, -0.2) is 22.8 Å². The van der Waals surface area contributed by atoms with Gasteiger partial charge >= 0.3 is 0 Å². The van der Waals surface area contributed by atoms with Crippen LogP contribution in [0.25, 0.3) is 16.8 Å². The van der Waals surface area contributed by atoms with E-state index in [0.717, 1.165) is 16.3 Å². The zero-order valence-electron chi connectivity index (χ0n) is 16.6. The number of rotatable bonds is 4. The van der Waals surface area contributed by atoms with Gasteiger partial charge in [0.15, 0.2) is 5.11 Å². The number of carbonyl (C=O) groups excluding carboxylic acids is 3. The van der Waals surface area contributed by atoms with E-state index in [0.29, 0.717) is 11.3 Å². The summed E-state index contributed by atoms with van der Waals surface area (Å²) in [4.78, 5) is 35.3. The fraction of sp³-hybridized carbons (Fsp3) is 0.0435. The molecule has 0 bridgehead atoms. The van der Waals surface area contributed by atoms with E-state index in [1.54, 1.807) is 30.3 Å². The van der Waals surface area contributed by atoms with Crippen molar-refractivity contribution in [2.75, 3.05) is 5.32 Å². The van der Waals surface area contributed by atoms with Crippen LogP contribution in [0.4, 0.5) is 5.69 Å². The molecule has 0 aliphatic carbocycles. The molecule has 4 N–H and O–H groups in total. The molecule has 0 saturated carbocycles. The predicted octanol–water partition coefficient (Wildman–Crippen LogP) is 3.15. The maximum absolute atomic E-state index is 12.2. The van der Waals surface area contributed by atoms with Gasteiger partial charge in [-0.3, -0.25) is 30.6 Å². The Hall–Kier alpha value is -4.04. The summed E-state index contributed by atoms with van der Waals surface area (Å²) < 4.78 is 0. The monoisotopic (exact) mass is 432 g/mol. The lowest BCUT2D eigenvalue weighted by atomic mass is 10.0. The standard InChI is InChI=1S/C23H20N4O3S/c1-15(28)24-19-12-9-18(10-13-19)22(30)26-27-23(31)25-21(29)14-11-17-7-4-6-16-5-2-3-8-20(16)17/h2-14H,1H3,(H,24,28)(H,26,30)(H2,25,27,29,31). The number of hydrazine groups is 1. The molecule has 0 aliphatic heterocycles. The molecule has 3 amide bonds. The third kappa shape index (κ3) is 6.22. The predicted molar refractivity (Wildman–Crippen MR) is 125 cm³/mol. The number of hydrogen-bond acceptors (Lipinski definition) is 4. The highest BCUT2D eigenvalue weighted by Gasteiger charge is 2.07. The minimum absolute atomic E-state index is 0.0456. The SMILES string of the molecule is CC(=O)Nc1ccc(C(=O)NNC(=S)NC(=O)C=Cc2cccc3ccccc23)cc1. The summed E-state index contributed by atoms with van der Waals surface area (Å²) >= 11 is 5.04. The first-order chi connectivity index (χ1) is 14.9. The molecule has 0 aliphatic rings. The van der Waals surface area contributed by atoms with Crippen molar-refractivity contribution in [1.29, 1.82) is 0 Å². The lowest BCUT2D eigenvalue weighted by Crippen LogP contribution is -2.48. The van der Waals surface area contributed by atoms with Crippen LogP contribution in [0, 0.1) is 0 Å². The van der Waals surface area contributed by atoms with Crippen molar-refractivity contribution in [1.82, 2.24) is 16.2 Å². The van der Waals surface area contributed by atoms with Crippen LogP contribution in [0.3, 0.4) is 0 Å². The van der Waals surface area contributed by atoms with E-state index in [9.17, 15) is 14.4 Å². The Morgan fingerprint density at radius 1 is 0.871 bits per heavy atom. The Kier molecular flexibility index (Phi) is 7.08. The Balaban J connectivity index is 1.51. The van der Waals surface area contributed by atoms with Gasteiger partial charge in [0.05, 0.1) is 0 Å². The zero-order chi connectivity index (χ0) is 22.2. The minimum atomic E-state index is -0.447. The van der Waals surface area contributed by atoms with Crippen LogP contribution in [0.1, 0.15) is 22.8 Å². The molecule has 0 saturated heterocycles. The highest BCUT2D eigenvalue weighted by Crippen LogP contribution is 2.19. The lowest BCUT2D eigenvalue weighted by Gasteiger charge is -2.10. The van der Waals surface area contributed by atoms with E-state index < -0.39 is 11.8 Å². The quantitative estimate of drug-likeness (QED) is 0.288. The van der Waals surface area contributed by atoms with Gasteiger partial charge in [0.1, 0.15) is 0 Å². The Labute approximate surface area is 184 Å². The second-order valence-electron chi connectivity index (χ2n) is 6.56. The number of anilines is 1. The molecule has 7 nitrogen and oxygen atoms in total. The van der Waals surface area contributed by atoms with Crippen LogP contribution in [0.5, 0.6) is 0 Å². The van der Waals surface area contributed by atoms with Crippen molar-refractivity contribution in [2.24, 2.45) is 0 Å². The van der Waals surface area contributed by atoms with Crippen molar-refractivity contribution in [3.8, 4) is 0 Å². The molecule has 0 spiro atoms. The number of amides is 3. The normalized spacial score (nSPS) is 10.5. The highest BCUT2D eigenvalue weighted by atomic mass is 32.1. The average Bonchev–Trinajstić information content (AvgIpc) is 2.76. The number of thiocarbonyl (C=S) groups is 1. The average molecular weight is 433 g/mol. The van der Waals surface area contributed by atoms with Gasteiger partial charge in [0.2, 0.25) is 11.8 Å². The van der Waals surface area contributed by atoms with Crippen molar-refractivity contribution in [3.63, 3.8) is 0 Å². The summed E-state index contributed by atoms with van der Waals surface area (Å²) in [5, 5.41) is 7.15. The minimum Gasteiger partial charge on any atom is -0.326 e. The highest BCUT2D eigenvalue weighted by molar-refractivity contribution is 7.80. The molecule has 3 aromatic carbocycles. The molecule has 3 rings (SSSR count). The van der Waals surface area contributed by atoms with E-state index in [4.69, 9.17) is 12.2 Å². The van der Waals surface area contributed by atoms with E-state index in [-0.39, 0.29) is 11.0 Å². The molecular weight excluding hydrogens is 412 g/mol. The molecule has 0 aromatic heterocycles. The number of carbonyl (C=O) groups is 3. The first-order valence-corrected chi connectivity index (χ1v) is 9.78. The fourth-order valence-corrected chi connectivity index (χ4v) is 2.99. The van der Waals surface area contributed by atoms with Crippen LogP contribution < -0.4 is 21.5 Å². The third-order valence-corrected chi connectivity index (χ3v) is 4.44. The van der Waals surface area contributed by atoms with Crippen molar-refractivity contribution >= 4 is 57.6 Å². The molecule has 0 fully saturated rings. The second kappa shape index (κ2) is 10.1. The van der Waals surface area contributed by atoms with Crippen LogP contribution in [-0.2, 0) is 9.59 Å². The molecule has 0 radical (unpaired) electrons. The smallest absolute Gasteiger partial charge is 0.269 e. The van der Waals surface area contributed by atoms with Gasteiger partial charge < -0.3 is 5.32 Å². The maximum Gasteiger partial charge on any atom is 0.269 e. The van der Waals surface area contributed by atoms with Gasteiger partial charge in [-0.05, 0) is 58.9 Å². The summed E-state index contributed by atoms with van der Waals surface area (Å²) in [6.45, 7) is 1.40. The number of nitrogens with one attached hydrogen (secondary N) is 4. The molecule has 0 atom stereocenters. The largest absolute Gasteiger partial charge is 0.326 e. The van der Waals surface area contributed by atoms with Gasteiger partial charge in [-0.2, -0.15) is 0 Å². The summed E-state index contributed by atoms with van der Waals surface area (Å²) in [5.41, 5.74) is 6.73. The van der Waals surface area contributed by atoms with Gasteiger partial charge in [-0.1, -0.05) is 42.5 Å². The number of benzene rings is 3. The van der Waals surface area contributed by atoms with E-state index in [1.807, 2.05) is 42.5 Å². The van der Waals surface area contributed by atoms with E-state index in [2.05, 4.69) is 21.5 Å². The summed E-state index contributed by atoms with van der Waals surface area (Å²) in [6.07, 6.45) is 3.08. The Morgan fingerprint density at radius 3 is 2.32 bits per heavy atom. The molecule has 0 heterocycles. The fourth-order valence-electron chi connectivity index (χ4n) is 2.84. The van der Waals surface area contributed by atoms with Crippen LogP contribution in [0.2, 0.25) is 0 Å². The maximum atomic E-state index is 12.2. The zero-order valence-corrected chi connectivity index (χ0v) is 17.5.